The predicted molar refractivity (Wildman–Crippen MR) is 74.7 cm³/mol. The fourth-order valence-corrected chi connectivity index (χ4v) is 1.99. The molecule has 2 aromatic rings. The minimum Gasteiger partial charge on any atom is -0.198 e. The largest absolute Gasteiger partial charge is 0.198 e. The van der Waals surface area contributed by atoms with E-state index in [2.05, 4.69) is 12.1 Å². The Kier molecular flexibility index (Phi) is 4.11. The number of allylic oxidation sites excluding steroid dienone is 1. The van der Waals surface area contributed by atoms with E-state index in [1.54, 1.807) is 0 Å². The Morgan fingerprint density at radius 3 is 1.63 bits per heavy atom. The summed E-state index contributed by atoms with van der Waals surface area (Å²) in [5.41, 5.74) is 3.26. The molecule has 0 spiro atoms. The summed E-state index contributed by atoms with van der Waals surface area (Å²) in [5, 5.41) is 18.2. The van der Waals surface area contributed by atoms with Crippen molar-refractivity contribution in [2.45, 2.75) is 6.42 Å². The van der Waals surface area contributed by atoms with Gasteiger partial charge in [-0.2, -0.15) is 10.5 Å². The summed E-state index contributed by atoms with van der Waals surface area (Å²) in [6.45, 7) is 0. The van der Waals surface area contributed by atoms with Crippen molar-refractivity contribution in [3.63, 3.8) is 0 Å². The Bertz CT molecular complexity index is 614. The van der Waals surface area contributed by atoms with Gasteiger partial charge in [0.25, 0.3) is 0 Å². The smallest absolute Gasteiger partial charge is 0.0964 e. The first-order chi connectivity index (χ1) is 9.36. The van der Waals surface area contributed by atoms with Gasteiger partial charge >= 0.3 is 0 Å². The predicted octanol–water partition coefficient (Wildman–Crippen LogP) is 3.93. The zero-order valence-electron chi connectivity index (χ0n) is 10.4. The lowest BCUT2D eigenvalue weighted by atomic mass is 9.92. The number of nitriles is 2. The van der Waals surface area contributed by atoms with Gasteiger partial charge in [-0.05, 0) is 11.1 Å². The summed E-state index contributed by atoms with van der Waals surface area (Å²) >= 11 is 0. The molecule has 2 aromatic carbocycles. The summed E-state index contributed by atoms with van der Waals surface area (Å²) in [6.07, 6.45) is 0.121. The molecule has 0 aliphatic heterocycles. The van der Waals surface area contributed by atoms with Crippen LogP contribution in [0.3, 0.4) is 0 Å². The van der Waals surface area contributed by atoms with Crippen LogP contribution in [0.15, 0.2) is 66.2 Å². The van der Waals surface area contributed by atoms with E-state index in [1.807, 2.05) is 60.7 Å². The van der Waals surface area contributed by atoms with Crippen molar-refractivity contribution < 1.29 is 0 Å². The van der Waals surface area contributed by atoms with Crippen molar-refractivity contribution in [1.82, 2.24) is 0 Å². The molecule has 0 N–H and O–H groups in total. The van der Waals surface area contributed by atoms with Gasteiger partial charge in [-0.3, -0.25) is 0 Å². The monoisotopic (exact) mass is 244 g/mol. The molecule has 2 heteroatoms. The third kappa shape index (κ3) is 2.89. The molecular weight excluding hydrogens is 232 g/mol. The van der Waals surface area contributed by atoms with Crippen LogP contribution in [0.5, 0.6) is 0 Å². The van der Waals surface area contributed by atoms with Gasteiger partial charge in [0.1, 0.15) is 0 Å². The highest BCUT2D eigenvalue weighted by atomic mass is 14.3. The zero-order chi connectivity index (χ0) is 13.5. The fraction of sp³-hybridized carbons (Fsp3) is 0.0588. The Balaban J connectivity index is 2.66. The highest BCUT2D eigenvalue weighted by Crippen LogP contribution is 2.27. The molecule has 90 valence electrons. The van der Waals surface area contributed by atoms with Gasteiger partial charge in [-0.25, -0.2) is 0 Å². The molecule has 0 atom stereocenters. The molecule has 0 heterocycles. The van der Waals surface area contributed by atoms with Crippen molar-refractivity contribution in [3.05, 3.63) is 77.4 Å². The van der Waals surface area contributed by atoms with Gasteiger partial charge in [0.2, 0.25) is 0 Å². The lowest BCUT2D eigenvalue weighted by Crippen LogP contribution is -1.93. The summed E-state index contributed by atoms with van der Waals surface area (Å²) < 4.78 is 0. The van der Waals surface area contributed by atoms with Crippen molar-refractivity contribution in [3.8, 4) is 12.1 Å². The first kappa shape index (κ1) is 12.6. The quantitative estimate of drug-likeness (QED) is 0.768. The maximum atomic E-state index is 9.29. The molecule has 0 amide bonds. The molecule has 2 rings (SSSR count). The van der Waals surface area contributed by atoms with Crippen LogP contribution >= 0.6 is 0 Å². The summed E-state index contributed by atoms with van der Waals surface area (Å²) in [4.78, 5) is 0. The summed E-state index contributed by atoms with van der Waals surface area (Å²) in [5.74, 6) is 0. The van der Waals surface area contributed by atoms with Crippen LogP contribution < -0.4 is 0 Å². The van der Waals surface area contributed by atoms with Crippen molar-refractivity contribution >= 4 is 5.57 Å². The number of benzene rings is 2. The van der Waals surface area contributed by atoms with Gasteiger partial charge in [0.05, 0.1) is 24.1 Å². The first-order valence-electron chi connectivity index (χ1n) is 5.98. The van der Waals surface area contributed by atoms with Gasteiger partial charge in [0, 0.05) is 5.57 Å². The van der Waals surface area contributed by atoms with E-state index >= 15 is 0 Å². The van der Waals surface area contributed by atoms with Gasteiger partial charge in [-0.1, -0.05) is 60.7 Å². The SMILES string of the molecule is N#CCC(C#N)=C(c1ccccc1)c1ccccc1. The molecule has 0 saturated heterocycles. The van der Waals surface area contributed by atoms with E-state index in [-0.39, 0.29) is 6.42 Å². The van der Waals surface area contributed by atoms with Crippen molar-refractivity contribution in [2.75, 3.05) is 0 Å². The molecule has 2 nitrogen and oxygen atoms in total. The van der Waals surface area contributed by atoms with Crippen LogP contribution in [0, 0.1) is 22.7 Å². The Morgan fingerprint density at radius 2 is 1.26 bits per heavy atom. The second-order valence-electron chi connectivity index (χ2n) is 4.03. The average Bonchev–Trinajstić information content (AvgIpc) is 2.49. The number of hydrogen-bond acceptors (Lipinski definition) is 2. The van der Waals surface area contributed by atoms with Crippen molar-refractivity contribution in [1.29, 1.82) is 10.5 Å². The third-order valence-electron chi connectivity index (χ3n) is 2.82. The summed E-state index contributed by atoms with van der Waals surface area (Å²) in [7, 11) is 0. The number of hydrogen-bond donors (Lipinski definition) is 0. The normalized spacial score (nSPS) is 9.16. The molecule has 0 aliphatic carbocycles. The highest BCUT2D eigenvalue weighted by Gasteiger charge is 2.11. The molecule has 19 heavy (non-hydrogen) atoms. The van der Waals surface area contributed by atoms with Crippen LogP contribution in [-0.2, 0) is 0 Å². The molecule has 0 saturated carbocycles. The number of nitrogens with zero attached hydrogens (tertiary/aromatic N) is 2. The topological polar surface area (TPSA) is 47.6 Å². The van der Waals surface area contributed by atoms with E-state index < -0.39 is 0 Å². The van der Waals surface area contributed by atoms with Crippen molar-refractivity contribution in [2.24, 2.45) is 0 Å². The minimum atomic E-state index is 0.121. The molecule has 0 aliphatic rings. The number of rotatable bonds is 3. The molecule has 0 fully saturated rings. The maximum Gasteiger partial charge on any atom is 0.0964 e. The minimum absolute atomic E-state index is 0.121. The van der Waals surface area contributed by atoms with Crippen LogP contribution in [0.25, 0.3) is 5.57 Å². The van der Waals surface area contributed by atoms with Gasteiger partial charge < -0.3 is 0 Å². The molecule has 0 radical (unpaired) electrons. The Hall–Kier alpha value is -2.84. The van der Waals surface area contributed by atoms with Crippen LogP contribution in [-0.4, -0.2) is 0 Å². The Labute approximate surface area is 112 Å². The van der Waals surface area contributed by atoms with E-state index in [1.165, 1.54) is 0 Å². The highest BCUT2D eigenvalue weighted by molar-refractivity contribution is 5.84. The van der Waals surface area contributed by atoms with Crippen LogP contribution in [0.4, 0.5) is 0 Å². The summed E-state index contributed by atoms with van der Waals surface area (Å²) in [6, 6.07) is 23.6. The fourth-order valence-electron chi connectivity index (χ4n) is 1.99. The van der Waals surface area contributed by atoms with E-state index in [4.69, 9.17) is 5.26 Å². The van der Waals surface area contributed by atoms with E-state index in [0.717, 1.165) is 16.7 Å². The second-order valence-corrected chi connectivity index (χ2v) is 4.03. The maximum absolute atomic E-state index is 9.29. The van der Waals surface area contributed by atoms with Gasteiger partial charge in [-0.15, -0.1) is 0 Å². The van der Waals surface area contributed by atoms with Crippen LogP contribution in [0.2, 0.25) is 0 Å². The van der Waals surface area contributed by atoms with Crippen LogP contribution in [0.1, 0.15) is 17.5 Å². The zero-order valence-corrected chi connectivity index (χ0v) is 10.4. The molecule has 0 bridgehead atoms. The first-order valence-corrected chi connectivity index (χ1v) is 5.98. The van der Waals surface area contributed by atoms with E-state index in [0.29, 0.717) is 5.57 Å². The Morgan fingerprint density at radius 1 is 0.789 bits per heavy atom. The third-order valence-corrected chi connectivity index (χ3v) is 2.82. The standard InChI is InChI=1S/C17H12N2/c18-12-11-16(13-19)17(14-7-3-1-4-8-14)15-9-5-2-6-10-15/h1-10H,11H2. The van der Waals surface area contributed by atoms with E-state index in [9.17, 15) is 5.26 Å². The molecule has 0 unspecified atom stereocenters. The lowest BCUT2D eigenvalue weighted by molar-refractivity contribution is 1.27. The lowest BCUT2D eigenvalue weighted by Gasteiger charge is -2.10. The second kappa shape index (κ2) is 6.19. The van der Waals surface area contributed by atoms with Gasteiger partial charge in [0.15, 0.2) is 0 Å². The molecule has 0 aromatic heterocycles. The average molecular weight is 244 g/mol. The molecular formula is C17H12N2.